The summed E-state index contributed by atoms with van der Waals surface area (Å²) >= 11 is 0. The maximum Gasteiger partial charge on any atom is 0.271 e. The van der Waals surface area contributed by atoms with Crippen molar-refractivity contribution >= 4 is 17.4 Å². The Hall–Kier alpha value is -3.08. The van der Waals surface area contributed by atoms with Gasteiger partial charge in [-0.05, 0) is 43.4 Å². The van der Waals surface area contributed by atoms with E-state index in [-0.39, 0.29) is 36.1 Å². The van der Waals surface area contributed by atoms with Gasteiger partial charge in [0.25, 0.3) is 11.5 Å². The van der Waals surface area contributed by atoms with E-state index in [1.54, 1.807) is 24.0 Å². The minimum Gasteiger partial charge on any atom is -0.476 e. The van der Waals surface area contributed by atoms with Crippen molar-refractivity contribution in [2.24, 2.45) is 5.92 Å². The highest BCUT2D eigenvalue weighted by atomic mass is 19.3. The minimum atomic E-state index is -2.99. The SMILES string of the molecule is C[C@@H](C(=O)Nc1ccc(OCC2CC2)nn1)N1CCC(F)(F)[C@@H](c2c[nH]c(=O)c(N)c2)C1. The number of nitrogens with two attached hydrogens (primary N) is 1. The number of aromatic amines is 1. The Morgan fingerprint density at radius 3 is 2.84 bits per heavy atom. The number of alkyl halides is 2. The Bertz CT molecular complexity index is 1020. The van der Waals surface area contributed by atoms with Crippen LogP contribution in [0.2, 0.25) is 0 Å². The topological polar surface area (TPSA) is 126 Å². The largest absolute Gasteiger partial charge is 0.476 e. The first-order valence-electron chi connectivity index (χ1n) is 10.6. The molecule has 2 aromatic heterocycles. The molecule has 1 saturated carbocycles. The normalized spacial score (nSPS) is 21.7. The standard InChI is InChI=1S/C21H26F2N6O3/c1-12(19(30)26-17-4-5-18(28-27-17)32-11-13-2-3-13)29-7-6-21(22,23)15(10-29)14-8-16(24)20(31)25-9-14/h4-5,8-9,12-13,15H,2-3,6-7,10-11,24H2,1H3,(H,25,31)(H,26,27,30)/t12-,15+/m0/s1. The van der Waals surface area contributed by atoms with Crippen molar-refractivity contribution in [1.82, 2.24) is 20.1 Å². The van der Waals surface area contributed by atoms with E-state index in [9.17, 15) is 18.4 Å². The molecule has 2 aliphatic rings. The lowest BCUT2D eigenvalue weighted by atomic mass is 9.87. The highest BCUT2D eigenvalue weighted by Gasteiger charge is 2.46. The van der Waals surface area contributed by atoms with Gasteiger partial charge in [-0.25, -0.2) is 8.78 Å². The summed E-state index contributed by atoms with van der Waals surface area (Å²) in [4.78, 5) is 28.3. The molecule has 1 amide bonds. The Labute approximate surface area is 183 Å². The summed E-state index contributed by atoms with van der Waals surface area (Å²) in [6.45, 7) is 2.25. The van der Waals surface area contributed by atoms with Crippen LogP contribution in [0.25, 0.3) is 0 Å². The number of hydrogen-bond donors (Lipinski definition) is 3. The van der Waals surface area contributed by atoms with Crippen molar-refractivity contribution in [3.63, 3.8) is 0 Å². The van der Waals surface area contributed by atoms with Crippen LogP contribution in [0.5, 0.6) is 5.88 Å². The number of piperidine rings is 1. The highest BCUT2D eigenvalue weighted by Crippen LogP contribution is 2.40. The number of likely N-dealkylation sites (tertiary alicyclic amines) is 1. The van der Waals surface area contributed by atoms with E-state index >= 15 is 0 Å². The molecule has 11 heteroatoms. The third-order valence-corrected chi connectivity index (χ3v) is 6.00. The van der Waals surface area contributed by atoms with Crippen LogP contribution in [0.1, 0.15) is 37.7 Å². The monoisotopic (exact) mass is 448 g/mol. The Morgan fingerprint density at radius 1 is 1.41 bits per heavy atom. The van der Waals surface area contributed by atoms with Crippen LogP contribution in [0.15, 0.2) is 29.2 Å². The van der Waals surface area contributed by atoms with Gasteiger partial charge in [-0.2, -0.15) is 0 Å². The predicted octanol–water partition coefficient (Wildman–Crippen LogP) is 1.99. The molecule has 0 unspecified atom stereocenters. The predicted molar refractivity (Wildman–Crippen MR) is 114 cm³/mol. The van der Waals surface area contributed by atoms with Gasteiger partial charge in [-0.1, -0.05) is 0 Å². The van der Waals surface area contributed by atoms with E-state index in [1.165, 1.54) is 25.1 Å². The summed E-state index contributed by atoms with van der Waals surface area (Å²) in [6.07, 6.45) is 3.17. The summed E-state index contributed by atoms with van der Waals surface area (Å²) in [5.41, 5.74) is 5.19. The van der Waals surface area contributed by atoms with Crippen molar-refractivity contribution in [2.45, 2.75) is 44.1 Å². The number of nitrogens with one attached hydrogen (secondary N) is 2. The van der Waals surface area contributed by atoms with Crippen molar-refractivity contribution in [3.05, 3.63) is 40.3 Å². The summed E-state index contributed by atoms with van der Waals surface area (Å²) in [6, 6.07) is 3.82. The number of carbonyl (C=O) groups excluding carboxylic acids is 1. The lowest BCUT2D eigenvalue weighted by molar-refractivity contribution is -0.125. The second kappa shape index (κ2) is 8.81. The van der Waals surface area contributed by atoms with Gasteiger partial charge in [0.15, 0.2) is 5.82 Å². The van der Waals surface area contributed by atoms with Crippen LogP contribution in [0.4, 0.5) is 20.3 Å². The Kier molecular flexibility index (Phi) is 6.09. The first kappa shape index (κ1) is 22.1. The lowest BCUT2D eigenvalue weighted by Crippen LogP contribution is -2.52. The number of nitrogens with zero attached hydrogens (tertiary/aromatic N) is 3. The van der Waals surface area contributed by atoms with Crippen LogP contribution in [-0.2, 0) is 4.79 Å². The molecule has 2 fully saturated rings. The van der Waals surface area contributed by atoms with Crippen LogP contribution >= 0.6 is 0 Å². The van der Waals surface area contributed by atoms with E-state index in [1.807, 2.05) is 0 Å². The van der Waals surface area contributed by atoms with E-state index < -0.39 is 29.9 Å². The van der Waals surface area contributed by atoms with E-state index in [2.05, 4.69) is 20.5 Å². The highest BCUT2D eigenvalue weighted by molar-refractivity contribution is 5.93. The zero-order chi connectivity index (χ0) is 22.9. The number of anilines is 2. The van der Waals surface area contributed by atoms with Crippen LogP contribution in [0, 0.1) is 5.92 Å². The fourth-order valence-corrected chi connectivity index (χ4v) is 3.70. The molecule has 1 aliphatic carbocycles. The molecular formula is C21H26F2N6O3. The van der Waals surface area contributed by atoms with Gasteiger partial charge in [0.2, 0.25) is 11.8 Å². The smallest absolute Gasteiger partial charge is 0.271 e. The van der Waals surface area contributed by atoms with E-state index in [0.29, 0.717) is 18.4 Å². The van der Waals surface area contributed by atoms with Crippen LogP contribution < -0.4 is 21.3 Å². The van der Waals surface area contributed by atoms with Crippen LogP contribution in [-0.4, -0.2) is 57.6 Å². The van der Waals surface area contributed by atoms with Gasteiger partial charge in [0.1, 0.15) is 0 Å². The van der Waals surface area contributed by atoms with Crippen molar-refractivity contribution in [2.75, 3.05) is 30.7 Å². The zero-order valence-corrected chi connectivity index (χ0v) is 17.7. The first-order valence-corrected chi connectivity index (χ1v) is 10.6. The number of nitrogen functional groups attached to an aromatic ring is 1. The second-order valence-corrected chi connectivity index (χ2v) is 8.45. The quantitative estimate of drug-likeness (QED) is 0.591. The number of amides is 1. The molecule has 0 radical (unpaired) electrons. The number of pyridine rings is 1. The van der Waals surface area contributed by atoms with E-state index in [4.69, 9.17) is 10.5 Å². The Balaban J connectivity index is 1.39. The summed E-state index contributed by atoms with van der Waals surface area (Å²) < 4.78 is 34.8. The third-order valence-electron chi connectivity index (χ3n) is 6.00. The van der Waals surface area contributed by atoms with Crippen molar-refractivity contribution in [1.29, 1.82) is 0 Å². The zero-order valence-electron chi connectivity index (χ0n) is 17.7. The molecule has 2 atom stereocenters. The number of H-pyrrole nitrogens is 1. The average molecular weight is 448 g/mol. The number of hydrogen-bond acceptors (Lipinski definition) is 7. The van der Waals surface area contributed by atoms with Gasteiger partial charge >= 0.3 is 0 Å². The summed E-state index contributed by atoms with van der Waals surface area (Å²) in [5.74, 6) is -3.33. The minimum absolute atomic E-state index is 0.0521. The van der Waals surface area contributed by atoms with Crippen molar-refractivity contribution < 1.29 is 18.3 Å². The molecule has 4 rings (SSSR count). The summed E-state index contributed by atoms with van der Waals surface area (Å²) in [7, 11) is 0. The molecule has 0 aromatic carbocycles. The third kappa shape index (κ3) is 5.04. The molecule has 1 saturated heterocycles. The van der Waals surface area contributed by atoms with Crippen molar-refractivity contribution in [3.8, 4) is 5.88 Å². The molecule has 0 spiro atoms. The second-order valence-electron chi connectivity index (χ2n) is 8.45. The lowest BCUT2D eigenvalue weighted by Gasteiger charge is -2.40. The Morgan fingerprint density at radius 2 is 2.19 bits per heavy atom. The molecular weight excluding hydrogens is 422 g/mol. The molecule has 0 bridgehead atoms. The van der Waals surface area contributed by atoms with Crippen LogP contribution in [0.3, 0.4) is 0 Å². The van der Waals surface area contributed by atoms with Gasteiger partial charge in [-0.3, -0.25) is 14.5 Å². The molecule has 4 N–H and O–H groups in total. The number of carbonyl (C=O) groups is 1. The van der Waals surface area contributed by atoms with Gasteiger partial charge in [0, 0.05) is 31.8 Å². The number of ether oxygens (including phenoxy) is 1. The van der Waals surface area contributed by atoms with Gasteiger partial charge in [0.05, 0.1) is 24.3 Å². The molecule has 32 heavy (non-hydrogen) atoms. The van der Waals surface area contributed by atoms with Gasteiger partial charge < -0.3 is 20.8 Å². The maximum atomic E-state index is 14.6. The first-order chi connectivity index (χ1) is 15.2. The molecule has 172 valence electrons. The molecule has 2 aromatic rings. The van der Waals surface area contributed by atoms with E-state index in [0.717, 1.165) is 0 Å². The molecule has 9 nitrogen and oxygen atoms in total. The molecule has 3 heterocycles. The fourth-order valence-electron chi connectivity index (χ4n) is 3.70. The maximum absolute atomic E-state index is 14.6. The molecule has 1 aliphatic heterocycles. The fraction of sp³-hybridized carbons (Fsp3) is 0.524. The van der Waals surface area contributed by atoms with Gasteiger partial charge in [-0.15, -0.1) is 10.2 Å². The average Bonchev–Trinajstić information content (AvgIpc) is 3.59. The number of rotatable bonds is 7. The number of halogens is 2. The number of aromatic nitrogens is 3. The summed E-state index contributed by atoms with van der Waals surface area (Å²) in [5, 5.41) is 10.6.